The maximum Gasteiger partial charge on any atom is 0.255 e. The average molecular weight is 524 g/mol. The van der Waals surface area contributed by atoms with Crippen molar-refractivity contribution in [3.63, 3.8) is 0 Å². The quantitative estimate of drug-likeness (QED) is 0.321. The minimum atomic E-state index is -1.30. The molecule has 0 bridgehead atoms. The van der Waals surface area contributed by atoms with Crippen LogP contribution in [-0.2, 0) is 20.8 Å². The third kappa shape index (κ3) is 6.28. The Morgan fingerprint density at radius 1 is 1.00 bits per heavy atom. The van der Waals surface area contributed by atoms with Gasteiger partial charge in [0.05, 0.1) is 29.7 Å². The number of benzene rings is 1. The van der Waals surface area contributed by atoms with Crippen LogP contribution >= 0.6 is 0 Å². The summed E-state index contributed by atoms with van der Waals surface area (Å²) in [6, 6.07) is 5.55. The van der Waals surface area contributed by atoms with Crippen molar-refractivity contribution >= 4 is 23.6 Å². The smallest absolute Gasteiger partial charge is 0.255 e. The number of hydrogen-bond donors (Lipinski definition) is 6. The van der Waals surface area contributed by atoms with E-state index in [0.29, 0.717) is 0 Å². The lowest BCUT2D eigenvalue weighted by atomic mass is 9.91. The van der Waals surface area contributed by atoms with Crippen molar-refractivity contribution in [2.45, 2.75) is 63.4 Å². The fourth-order valence-corrected chi connectivity index (χ4v) is 4.62. The Morgan fingerprint density at radius 3 is 2.39 bits per heavy atom. The number of aromatic nitrogens is 1. The Bertz CT molecular complexity index is 1190. The maximum absolute atomic E-state index is 13.6. The lowest BCUT2D eigenvalue weighted by Gasteiger charge is -2.34. The second kappa shape index (κ2) is 11.6. The first kappa shape index (κ1) is 27.1. The molecule has 2 heterocycles. The van der Waals surface area contributed by atoms with Crippen LogP contribution in [0, 0.1) is 11.8 Å². The lowest BCUT2D eigenvalue weighted by Crippen LogP contribution is -2.64. The van der Waals surface area contributed by atoms with Gasteiger partial charge in [-0.3, -0.25) is 24.2 Å². The summed E-state index contributed by atoms with van der Waals surface area (Å²) in [5.74, 6) is -3.59. The molecule has 1 saturated carbocycles. The van der Waals surface area contributed by atoms with E-state index >= 15 is 0 Å². The molecule has 6 atom stereocenters. The van der Waals surface area contributed by atoms with Crippen molar-refractivity contribution in [3.8, 4) is 5.75 Å². The number of pyridine rings is 1. The van der Waals surface area contributed by atoms with Gasteiger partial charge in [-0.25, -0.2) is 0 Å². The fraction of sp³-hybridized carbons (Fsp3) is 0.444. The van der Waals surface area contributed by atoms with Gasteiger partial charge in [0.15, 0.2) is 0 Å². The summed E-state index contributed by atoms with van der Waals surface area (Å²) in [4.78, 5) is 56.9. The predicted molar refractivity (Wildman–Crippen MR) is 137 cm³/mol. The number of rotatable bonds is 5. The van der Waals surface area contributed by atoms with Crippen LogP contribution in [0.5, 0.6) is 5.75 Å². The summed E-state index contributed by atoms with van der Waals surface area (Å²) in [7, 11) is 0. The fourth-order valence-electron chi connectivity index (χ4n) is 4.62. The SMILES string of the molecule is CC1NC(=O)C(C2CC2)NC(=O)C(C)C(O)C(Cc2cccnc2)NC(=O)C1NC(=O)c1ccccc1O. The molecule has 1 saturated heterocycles. The van der Waals surface area contributed by atoms with Gasteiger partial charge in [-0.05, 0) is 55.9 Å². The lowest BCUT2D eigenvalue weighted by molar-refractivity contribution is -0.136. The molecule has 2 aliphatic rings. The Morgan fingerprint density at radius 2 is 1.74 bits per heavy atom. The van der Waals surface area contributed by atoms with Crippen LogP contribution in [0.3, 0.4) is 0 Å². The third-order valence-electron chi connectivity index (χ3n) is 7.11. The summed E-state index contributed by atoms with van der Waals surface area (Å²) in [5.41, 5.74) is 0.692. The van der Waals surface area contributed by atoms with Crippen LogP contribution < -0.4 is 21.3 Å². The van der Waals surface area contributed by atoms with Crippen molar-refractivity contribution in [2.24, 2.45) is 11.8 Å². The van der Waals surface area contributed by atoms with Crippen molar-refractivity contribution in [1.29, 1.82) is 0 Å². The van der Waals surface area contributed by atoms with E-state index in [1.165, 1.54) is 19.1 Å². The zero-order valence-corrected chi connectivity index (χ0v) is 21.3. The largest absolute Gasteiger partial charge is 0.507 e. The molecule has 202 valence electrons. The molecule has 11 heteroatoms. The van der Waals surface area contributed by atoms with Crippen LogP contribution in [-0.4, -0.2) is 69.1 Å². The Hall–Kier alpha value is -3.99. The number of phenols is 1. The van der Waals surface area contributed by atoms with Crippen LogP contribution in [0.1, 0.15) is 42.6 Å². The van der Waals surface area contributed by atoms with E-state index in [1.54, 1.807) is 43.6 Å². The molecule has 2 fully saturated rings. The number of hydrogen-bond acceptors (Lipinski definition) is 7. The molecule has 0 spiro atoms. The zero-order chi connectivity index (χ0) is 27.4. The predicted octanol–water partition coefficient (Wildman–Crippen LogP) is 0.0232. The molecular formula is C27H33N5O6. The van der Waals surface area contributed by atoms with Gasteiger partial charge in [0.25, 0.3) is 5.91 Å². The summed E-state index contributed by atoms with van der Waals surface area (Å²) in [6.07, 6.45) is 3.60. The van der Waals surface area contributed by atoms with Crippen LogP contribution in [0.15, 0.2) is 48.8 Å². The van der Waals surface area contributed by atoms with Crippen LogP contribution in [0.25, 0.3) is 0 Å². The molecule has 11 nitrogen and oxygen atoms in total. The summed E-state index contributed by atoms with van der Waals surface area (Å²) in [5, 5.41) is 32.3. The first-order valence-corrected chi connectivity index (χ1v) is 12.7. The monoisotopic (exact) mass is 523 g/mol. The highest BCUT2D eigenvalue weighted by atomic mass is 16.3. The molecule has 6 unspecified atom stereocenters. The van der Waals surface area contributed by atoms with Crippen molar-refractivity contribution in [3.05, 3.63) is 59.9 Å². The van der Waals surface area contributed by atoms with Crippen molar-refractivity contribution < 1.29 is 29.4 Å². The number of aliphatic hydroxyl groups is 1. The Kier molecular flexibility index (Phi) is 8.26. The molecule has 4 rings (SSSR count). The Labute approximate surface area is 220 Å². The van der Waals surface area contributed by atoms with Gasteiger partial charge in [-0.1, -0.05) is 25.1 Å². The van der Waals surface area contributed by atoms with E-state index in [-0.39, 0.29) is 23.7 Å². The van der Waals surface area contributed by atoms with Gasteiger partial charge >= 0.3 is 0 Å². The number of carbonyl (C=O) groups is 4. The maximum atomic E-state index is 13.6. The van der Waals surface area contributed by atoms with E-state index in [0.717, 1.165) is 18.4 Å². The number of amides is 4. The first-order valence-electron chi connectivity index (χ1n) is 12.7. The topological polar surface area (TPSA) is 170 Å². The van der Waals surface area contributed by atoms with E-state index in [2.05, 4.69) is 26.3 Å². The van der Waals surface area contributed by atoms with Crippen molar-refractivity contribution in [2.75, 3.05) is 0 Å². The van der Waals surface area contributed by atoms with E-state index < -0.39 is 59.8 Å². The number of phenolic OH excluding ortho intramolecular Hbond substituents is 1. The normalized spacial score (nSPS) is 28.7. The van der Waals surface area contributed by atoms with Gasteiger partial charge in [-0.15, -0.1) is 0 Å². The summed E-state index contributed by atoms with van der Waals surface area (Å²) >= 11 is 0. The average Bonchev–Trinajstić information content (AvgIpc) is 3.74. The molecule has 1 aliphatic carbocycles. The highest BCUT2D eigenvalue weighted by Gasteiger charge is 2.42. The molecule has 38 heavy (non-hydrogen) atoms. The van der Waals surface area contributed by atoms with Gasteiger partial charge in [-0.2, -0.15) is 0 Å². The minimum Gasteiger partial charge on any atom is -0.507 e. The molecule has 4 amide bonds. The van der Waals surface area contributed by atoms with Crippen LogP contribution in [0.2, 0.25) is 0 Å². The number of aliphatic hydroxyl groups excluding tert-OH is 1. The number of carbonyl (C=O) groups excluding carboxylic acids is 4. The number of nitrogens with one attached hydrogen (secondary N) is 4. The highest BCUT2D eigenvalue weighted by Crippen LogP contribution is 2.33. The van der Waals surface area contributed by atoms with E-state index in [9.17, 15) is 29.4 Å². The highest BCUT2D eigenvalue weighted by molar-refractivity contribution is 6.00. The van der Waals surface area contributed by atoms with Crippen LogP contribution in [0.4, 0.5) is 0 Å². The van der Waals surface area contributed by atoms with Gasteiger partial charge in [0.1, 0.15) is 17.8 Å². The number of para-hydroxylation sites is 1. The summed E-state index contributed by atoms with van der Waals surface area (Å²) < 4.78 is 0. The second-order valence-electron chi connectivity index (χ2n) is 10.0. The third-order valence-corrected chi connectivity index (χ3v) is 7.11. The number of aromatic hydroxyl groups is 1. The van der Waals surface area contributed by atoms with Gasteiger partial charge in [0.2, 0.25) is 17.7 Å². The van der Waals surface area contributed by atoms with Gasteiger partial charge < -0.3 is 31.5 Å². The second-order valence-corrected chi connectivity index (χ2v) is 10.0. The van der Waals surface area contributed by atoms with E-state index in [1.807, 2.05) is 0 Å². The molecule has 6 N–H and O–H groups in total. The first-order chi connectivity index (χ1) is 18.2. The Balaban J connectivity index is 1.66. The van der Waals surface area contributed by atoms with Crippen molar-refractivity contribution in [1.82, 2.24) is 26.3 Å². The molecule has 1 aromatic heterocycles. The summed E-state index contributed by atoms with van der Waals surface area (Å²) in [6.45, 7) is 3.11. The molecule has 0 radical (unpaired) electrons. The van der Waals surface area contributed by atoms with E-state index in [4.69, 9.17) is 0 Å². The molecule has 1 aromatic carbocycles. The standard InChI is InChI=1S/C27H33N5O6/c1-14-23(34)19(12-16-6-5-11-28-13-16)30-26(37)21(31-25(36)18-7-3-4-8-20(18)33)15(2)29-27(38)22(17-9-10-17)32-24(14)35/h3-8,11,13-15,17,19,21-23,33-34H,9-10,12H2,1-2H3,(H,29,38)(H,30,37)(H,31,36)(H,32,35). The molecular weight excluding hydrogens is 490 g/mol. The van der Waals surface area contributed by atoms with Gasteiger partial charge in [0, 0.05) is 12.4 Å². The molecule has 1 aliphatic heterocycles. The molecule has 2 aromatic rings. The minimum absolute atomic E-state index is 0.0337. The number of nitrogens with zero attached hydrogens (tertiary/aromatic N) is 1. The zero-order valence-electron chi connectivity index (χ0n) is 21.3.